The van der Waals surface area contributed by atoms with Crippen molar-refractivity contribution in [3.05, 3.63) is 27.3 Å². The van der Waals surface area contributed by atoms with Crippen molar-refractivity contribution in [1.82, 2.24) is 0 Å². The third-order valence-electron chi connectivity index (χ3n) is 4.21. The van der Waals surface area contributed by atoms with Gasteiger partial charge in [0.15, 0.2) is 0 Å². The minimum Gasteiger partial charge on any atom is -0.312 e. The van der Waals surface area contributed by atoms with Crippen LogP contribution in [0.5, 0.6) is 0 Å². The summed E-state index contributed by atoms with van der Waals surface area (Å²) in [5, 5.41) is 0. The lowest BCUT2D eigenvalue weighted by Gasteiger charge is -2.17. The largest absolute Gasteiger partial charge is 0.312 e. The van der Waals surface area contributed by atoms with Crippen LogP contribution in [0.1, 0.15) is 63.9 Å². The number of rotatable bonds is 9. The van der Waals surface area contributed by atoms with E-state index in [2.05, 4.69) is 47.7 Å². The molecule has 21 heavy (non-hydrogen) atoms. The predicted octanol–water partition coefficient (Wildman–Crippen LogP) is 5.32. The summed E-state index contributed by atoms with van der Waals surface area (Å²) in [5.41, 5.74) is 2.34. The van der Waals surface area contributed by atoms with E-state index < -0.39 is 0 Å². The first-order chi connectivity index (χ1) is 10.2. The molecule has 1 aromatic rings. The van der Waals surface area contributed by atoms with Gasteiger partial charge in [-0.3, -0.25) is 4.79 Å². The molecule has 2 nitrogen and oxygen atoms in total. The maximum Gasteiger partial charge on any atom is 0.231 e. The Morgan fingerprint density at radius 3 is 2.43 bits per heavy atom. The zero-order valence-electron chi connectivity index (χ0n) is 13.0. The van der Waals surface area contributed by atoms with Crippen LogP contribution < -0.4 is 4.90 Å². The highest BCUT2D eigenvalue weighted by atomic mass is 127. The number of amides is 1. The zero-order chi connectivity index (χ0) is 15.1. The summed E-state index contributed by atoms with van der Waals surface area (Å²) < 4.78 is 1.22. The minimum absolute atomic E-state index is 0.273. The van der Waals surface area contributed by atoms with Gasteiger partial charge in [-0.15, -0.1) is 0 Å². The summed E-state index contributed by atoms with van der Waals surface area (Å²) in [4.78, 5) is 14.1. The van der Waals surface area contributed by atoms with E-state index in [1.165, 1.54) is 54.1 Å². The molecule has 116 valence electrons. The maximum atomic E-state index is 12.1. The van der Waals surface area contributed by atoms with Crippen molar-refractivity contribution in [2.75, 3.05) is 11.4 Å². The van der Waals surface area contributed by atoms with E-state index >= 15 is 0 Å². The molecule has 1 amide bonds. The Kier molecular flexibility index (Phi) is 7.00. The fourth-order valence-electron chi connectivity index (χ4n) is 3.00. The van der Waals surface area contributed by atoms with Crippen LogP contribution in [-0.2, 0) is 11.2 Å². The van der Waals surface area contributed by atoms with E-state index in [9.17, 15) is 4.79 Å². The molecule has 1 aliphatic heterocycles. The quantitative estimate of drug-likeness (QED) is 0.407. The summed E-state index contributed by atoms with van der Waals surface area (Å²) in [6.07, 6.45) is 11.1. The number of halogens is 1. The van der Waals surface area contributed by atoms with Crippen molar-refractivity contribution in [1.29, 1.82) is 0 Å². The van der Waals surface area contributed by atoms with E-state index in [1.54, 1.807) is 0 Å². The average molecular weight is 399 g/mol. The van der Waals surface area contributed by atoms with Crippen molar-refractivity contribution in [3.63, 3.8) is 0 Å². The van der Waals surface area contributed by atoms with Gasteiger partial charge in [-0.25, -0.2) is 0 Å². The van der Waals surface area contributed by atoms with Crippen LogP contribution in [0.15, 0.2) is 18.2 Å². The first-order valence-electron chi connectivity index (χ1n) is 8.31. The molecule has 0 saturated carbocycles. The Labute approximate surface area is 142 Å². The Morgan fingerprint density at radius 1 is 1.05 bits per heavy atom. The molecule has 2 rings (SSSR count). The monoisotopic (exact) mass is 399 g/mol. The highest BCUT2D eigenvalue weighted by Crippen LogP contribution is 2.30. The number of anilines is 1. The molecule has 3 heteroatoms. The third-order valence-corrected chi connectivity index (χ3v) is 4.88. The summed E-state index contributed by atoms with van der Waals surface area (Å²) in [6, 6.07) is 6.34. The zero-order valence-corrected chi connectivity index (χ0v) is 15.2. The van der Waals surface area contributed by atoms with Crippen molar-refractivity contribution in [2.45, 2.75) is 64.7 Å². The molecular weight excluding hydrogens is 373 g/mol. The summed E-state index contributed by atoms with van der Waals surface area (Å²) in [7, 11) is 0. The topological polar surface area (TPSA) is 20.3 Å². The van der Waals surface area contributed by atoms with Gasteiger partial charge in [0, 0.05) is 15.8 Å². The van der Waals surface area contributed by atoms with E-state index in [4.69, 9.17) is 0 Å². The van der Waals surface area contributed by atoms with Crippen molar-refractivity contribution in [2.24, 2.45) is 0 Å². The van der Waals surface area contributed by atoms with Gasteiger partial charge in [-0.1, -0.05) is 51.9 Å². The van der Waals surface area contributed by atoms with Crippen LogP contribution >= 0.6 is 22.6 Å². The average Bonchev–Trinajstić information content (AvgIpc) is 2.76. The standard InChI is InChI=1S/C18H26INO/c1-2-3-4-5-6-7-8-9-12-20-17-11-10-16(19)13-15(17)14-18(20)21/h10-11,13H,2-9,12,14H2,1H3. The smallest absolute Gasteiger partial charge is 0.231 e. The molecule has 0 atom stereocenters. The number of carbonyl (C=O) groups excluding carboxylic acids is 1. The predicted molar refractivity (Wildman–Crippen MR) is 97.8 cm³/mol. The van der Waals surface area contributed by atoms with Crippen molar-refractivity contribution < 1.29 is 4.79 Å². The van der Waals surface area contributed by atoms with Gasteiger partial charge >= 0.3 is 0 Å². The second kappa shape index (κ2) is 8.76. The summed E-state index contributed by atoms with van der Waals surface area (Å²) >= 11 is 2.31. The number of carbonyl (C=O) groups is 1. The van der Waals surface area contributed by atoms with Gasteiger partial charge in [0.1, 0.15) is 0 Å². The van der Waals surface area contributed by atoms with Gasteiger partial charge in [0.2, 0.25) is 5.91 Å². The first-order valence-corrected chi connectivity index (χ1v) is 9.39. The first kappa shape index (κ1) is 16.8. The lowest BCUT2D eigenvalue weighted by Crippen LogP contribution is -2.27. The Balaban J connectivity index is 1.69. The number of hydrogen-bond acceptors (Lipinski definition) is 1. The number of hydrogen-bond donors (Lipinski definition) is 0. The summed E-state index contributed by atoms with van der Waals surface area (Å²) in [5.74, 6) is 0.273. The Hall–Kier alpha value is -0.580. The second-order valence-corrected chi connectivity index (χ2v) is 7.22. The second-order valence-electron chi connectivity index (χ2n) is 5.97. The molecule has 0 bridgehead atoms. The fraction of sp³-hybridized carbons (Fsp3) is 0.611. The molecule has 1 heterocycles. The van der Waals surface area contributed by atoms with Gasteiger partial charge < -0.3 is 4.90 Å². The number of unbranched alkanes of at least 4 members (excludes halogenated alkanes) is 7. The van der Waals surface area contributed by atoms with Crippen LogP contribution in [0.25, 0.3) is 0 Å². The highest BCUT2D eigenvalue weighted by molar-refractivity contribution is 14.1. The van der Waals surface area contributed by atoms with Crippen LogP contribution in [0.4, 0.5) is 5.69 Å². The molecule has 1 aromatic carbocycles. The van der Waals surface area contributed by atoms with Crippen molar-refractivity contribution in [3.8, 4) is 0 Å². The Morgan fingerprint density at radius 2 is 1.71 bits per heavy atom. The van der Waals surface area contributed by atoms with Gasteiger partial charge in [0.25, 0.3) is 0 Å². The van der Waals surface area contributed by atoms with Crippen LogP contribution in [0.3, 0.4) is 0 Å². The lowest BCUT2D eigenvalue weighted by atomic mass is 10.1. The minimum atomic E-state index is 0.273. The van der Waals surface area contributed by atoms with E-state index in [1.807, 2.05) is 4.90 Å². The van der Waals surface area contributed by atoms with Crippen LogP contribution in [0.2, 0.25) is 0 Å². The molecule has 0 aliphatic carbocycles. The highest BCUT2D eigenvalue weighted by Gasteiger charge is 2.26. The molecule has 1 aliphatic rings. The Bertz CT molecular complexity index is 472. The summed E-state index contributed by atoms with van der Waals surface area (Å²) in [6.45, 7) is 3.15. The molecule has 0 N–H and O–H groups in total. The van der Waals surface area contributed by atoms with Crippen LogP contribution in [-0.4, -0.2) is 12.5 Å². The molecule has 0 unspecified atom stereocenters. The number of nitrogens with zero attached hydrogens (tertiary/aromatic N) is 1. The normalized spacial score (nSPS) is 13.8. The third kappa shape index (κ3) is 4.97. The molecule has 0 aromatic heterocycles. The van der Waals surface area contributed by atoms with Gasteiger partial charge in [-0.2, -0.15) is 0 Å². The van der Waals surface area contributed by atoms with Crippen molar-refractivity contribution >= 4 is 34.2 Å². The number of benzene rings is 1. The van der Waals surface area contributed by atoms with Crippen LogP contribution in [0, 0.1) is 3.57 Å². The van der Waals surface area contributed by atoms with Gasteiger partial charge in [0.05, 0.1) is 6.42 Å². The molecular formula is C18H26INO. The molecule has 0 spiro atoms. The van der Waals surface area contributed by atoms with E-state index in [-0.39, 0.29) is 5.91 Å². The SMILES string of the molecule is CCCCCCCCCCN1C(=O)Cc2cc(I)ccc21. The molecule has 0 fully saturated rings. The van der Waals surface area contributed by atoms with E-state index in [0.717, 1.165) is 18.7 Å². The lowest BCUT2D eigenvalue weighted by molar-refractivity contribution is -0.117. The number of fused-ring (bicyclic) bond motifs is 1. The fourth-order valence-corrected chi connectivity index (χ4v) is 3.56. The molecule has 0 radical (unpaired) electrons. The molecule has 0 saturated heterocycles. The maximum absolute atomic E-state index is 12.1. The van der Waals surface area contributed by atoms with Gasteiger partial charge in [-0.05, 0) is 52.8 Å². The van der Waals surface area contributed by atoms with E-state index in [0.29, 0.717) is 6.42 Å².